The normalized spacial score (nSPS) is 10.8. The highest BCUT2D eigenvalue weighted by molar-refractivity contribution is 5.92. The van der Waals surface area contributed by atoms with E-state index < -0.39 is 0 Å². The van der Waals surface area contributed by atoms with E-state index >= 15 is 0 Å². The molecule has 2 rings (SSSR count). The Bertz CT molecular complexity index is 1030. The summed E-state index contributed by atoms with van der Waals surface area (Å²) in [6, 6.07) is 15.4. The summed E-state index contributed by atoms with van der Waals surface area (Å²) in [5.74, 6) is 0.501. The monoisotopic (exact) mass is 550 g/mol. The van der Waals surface area contributed by atoms with Crippen molar-refractivity contribution in [1.29, 1.82) is 0 Å². The third-order valence-electron chi connectivity index (χ3n) is 6.28. The molecule has 8 nitrogen and oxygen atoms in total. The summed E-state index contributed by atoms with van der Waals surface area (Å²) in [6.07, 6.45) is 3.55. The fourth-order valence-corrected chi connectivity index (χ4v) is 4.05. The van der Waals surface area contributed by atoms with Crippen LogP contribution in [-0.4, -0.2) is 36.7 Å². The third kappa shape index (κ3) is 13.4. The Kier molecular flexibility index (Phi) is 14.5. The van der Waals surface area contributed by atoms with Crippen molar-refractivity contribution in [3.05, 3.63) is 59.7 Å². The Balaban J connectivity index is 1.85. The average Bonchev–Trinajstić information content (AvgIpc) is 2.91. The molecule has 2 aromatic carbocycles. The molecule has 4 N–H and O–H groups in total. The van der Waals surface area contributed by atoms with Crippen molar-refractivity contribution in [2.75, 3.05) is 23.7 Å². The zero-order chi connectivity index (χ0) is 29.3. The molecule has 0 aliphatic rings. The molecule has 0 aliphatic carbocycles. The molecule has 0 radical (unpaired) electrons. The van der Waals surface area contributed by atoms with Gasteiger partial charge < -0.3 is 21.3 Å². The molecule has 0 heterocycles. The van der Waals surface area contributed by atoms with E-state index in [9.17, 15) is 19.2 Å². The van der Waals surface area contributed by atoms with E-state index in [4.69, 9.17) is 0 Å². The van der Waals surface area contributed by atoms with Crippen LogP contribution in [0.3, 0.4) is 0 Å². The molecule has 2 aromatic rings. The Morgan fingerprint density at radius 2 is 0.900 bits per heavy atom. The zero-order valence-electron chi connectivity index (χ0n) is 24.5. The van der Waals surface area contributed by atoms with Crippen LogP contribution < -0.4 is 21.3 Å². The second-order valence-electron chi connectivity index (χ2n) is 11.0. The number of carbonyl (C=O) groups excluding carboxylic acids is 4. The van der Waals surface area contributed by atoms with Gasteiger partial charge in [0.2, 0.25) is 23.6 Å². The van der Waals surface area contributed by atoms with Gasteiger partial charge in [-0.25, -0.2) is 0 Å². The standard InChI is InChI=1S/C32H46N4O4/c1-23(2)21-33-29(37)15-9-17-31(39)35-27-13-7-5-11-25(27)19-20-26-12-6-8-14-28(26)36-32(40)18-10-16-30(38)34-22-24(3)4/h5-8,11-14,23-24H,9-10,15-22H2,1-4H3,(H,33,37)(H,34,38)(H,35,39)(H,36,40). The second-order valence-corrected chi connectivity index (χ2v) is 11.0. The summed E-state index contributed by atoms with van der Waals surface area (Å²) in [7, 11) is 0. The van der Waals surface area contributed by atoms with Gasteiger partial charge in [-0.2, -0.15) is 0 Å². The lowest BCUT2D eigenvalue weighted by molar-refractivity contribution is -0.122. The first-order valence-electron chi connectivity index (χ1n) is 14.4. The van der Waals surface area contributed by atoms with Crippen LogP contribution in [0.5, 0.6) is 0 Å². The highest BCUT2D eigenvalue weighted by Gasteiger charge is 2.12. The molecule has 0 spiro atoms. The van der Waals surface area contributed by atoms with Crippen molar-refractivity contribution in [2.45, 2.75) is 79.1 Å². The number of anilines is 2. The smallest absolute Gasteiger partial charge is 0.224 e. The Morgan fingerprint density at radius 1 is 0.550 bits per heavy atom. The zero-order valence-corrected chi connectivity index (χ0v) is 24.5. The predicted molar refractivity (Wildman–Crippen MR) is 161 cm³/mol. The van der Waals surface area contributed by atoms with Crippen LogP contribution in [0, 0.1) is 11.8 Å². The molecule has 0 bridgehead atoms. The van der Waals surface area contributed by atoms with Gasteiger partial charge in [0.1, 0.15) is 0 Å². The van der Waals surface area contributed by atoms with Crippen molar-refractivity contribution >= 4 is 35.0 Å². The summed E-state index contributed by atoms with van der Waals surface area (Å²) >= 11 is 0. The number of rotatable bonds is 17. The van der Waals surface area contributed by atoms with Gasteiger partial charge in [0.15, 0.2) is 0 Å². The van der Waals surface area contributed by atoms with Gasteiger partial charge in [0, 0.05) is 50.1 Å². The number of amides is 4. The maximum Gasteiger partial charge on any atom is 0.224 e. The van der Waals surface area contributed by atoms with Crippen molar-refractivity contribution in [1.82, 2.24) is 10.6 Å². The number of nitrogens with one attached hydrogen (secondary N) is 4. The highest BCUT2D eigenvalue weighted by atomic mass is 16.2. The number of carbonyl (C=O) groups is 4. The SMILES string of the molecule is CC(C)CNC(=O)CCCC(=O)Nc1ccccc1CCc1ccccc1NC(=O)CCCC(=O)NCC(C)C. The van der Waals surface area contributed by atoms with Gasteiger partial charge in [-0.05, 0) is 60.8 Å². The lowest BCUT2D eigenvalue weighted by Crippen LogP contribution is -2.27. The van der Waals surface area contributed by atoms with Crippen molar-refractivity contribution in [3.63, 3.8) is 0 Å². The van der Waals surface area contributed by atoms with Crippen LogP contribution in [0.1, 0.15) is 77.3 Å². The van der Waals surface area contributed by atoms with Crippen LogP contribution in [0.4, 0.5) is 11.4 Å². The minimum atomic E-state index is -0.116. The molecule has 0 saturated carbocycles. The third-order valence-corrected chi connectivity index (χ3v) is 6.28. The van der Waals surface area contributed by atoms with Crippen LogP contribution in [0.15, 0.2) is 48.5 Å². The predicted octanol–water partition coefficient (Wildman–Crippen LogP) is 5.23. The Hall–Kier alpha value is -3.68. The first kappa shape index (κ1) is 32.5. The highest BCUT2D eigenvalue weighted by Crippen LogP contribution is 2.22. The Labute approximate surface area is 239 Å². The van der Waals surface area contributed by atoms with Gasteiger partial charge in [0.05, 0.1) is 0 Å². The van der Waals surface area contributed by atoms with Crippen LogP contribution >= 0.6 is 0 Å². The maximum absolute atomic E-state index is 12.5. The molecule has 0 unspecified atom stereocenters. The average molecular weight is 551 g/mol. The maximum atomic E-state index is 12.5. The van der Waals surface area contributed by atoms with Gasteiger partial charge in [-0.1, -0.05) is 64.1 Å². The van der Waals surface area contributed by atoms with Gasteiger partial charge in [-0.3, -0.25) is 19.2 Å². The lowest BCUT2D eigenvalue weighted by atomic mass is 10.0. The second kappa shape index (κ2) is 17.8. The first-order valence-corrected chi connectivity index (χ1v) is 14.4. The quantitative estimate of drug-likeness (QED) is 0.216. The van der Waals surface area contributed by atoms with Crippen molar-refractivity contribution < 1.29 is 19.2 Å². The van der Waals surface area contributed by atoms with Gasteiger partial charge >= 0.3 is 0 Å². The molecular formula is C32H46N4O4. The summed E-state index contributed by atoms with van der Waals surface area (Å²) < 4.78 is 0. The van der Waals surface area contributed by atoms with Crippen LogP contribution in [0.25, 0.3) is 0 Å². The lowest BCUT2D eigenvalue weighted by Gasteiger charge is -2.14. The molecular weight excluding hydrogens is 504 g/mol. The molecule has 0 aliphatic heterocycles. The topological polar surface area (TPSA) is 116 Å². The van der Waals surface area contributed by atoms with E-state index in [0.29, 0.717) is 63.5 Å². The van der Waals surface area contributed by atoms with E-state index in [0.717, 1.165) is 22.5 Å². The molecule has 218 valence electrons. The van der Waals surface area contributed by atoms with Crippen molar-refractivity contribution in [2.24, 2.45) is 11.8 Å². The summed E-state index contributed by atoms with van der Waals surface area (Å²) in [4.78, 5) is 48.9. The fourth-order valence-electron chi connectivity index (χ4n) is 4.05. The van der Waals surface area contributed by atoms with E-state index in [1.165, 1.54) is 0 Å². The molecule has 8 heteroatoms. The van der Waals surface area contributed by atoms with E-state index in [1.807, 2.05) is 76.2 Å². The van der Waals surface area contributed by atoms with E-state index in [1.54, 1.807) is 0 Å². The van der Waals surface area contributed by atoms with Gasteiger partial charge in [0.25, 0.3) is 0 Å². The number of para-hydroxylation sites is 2. The fraction of sp³-hybridized carbons (Fsp3) is 0.500. The van der Waals surface area contributed by atoms with Crippen molar-refractivity contribution in [3.8, 4) is 0 Å². The number of aryl methyl sites for hydroxylation is 2. The molecule has 40 heavy (non-hydrogen) atoms. The van der Waals surface area contributed by atoms with Gasteiger partial charge in [-0.15, -0.1) is 0 Å². The summed E-state index contributed by atoms with van der Waals surface area (Å²) in [6.45, 7) is 9.45. The minimum absolute atomic E-state index is 0.0280. The summed E-state index contributed by atoms with van der Waals surface area (Å²) in [5.41, 5.74) is 3.51. The largest absolute Gasteiger partial charge is 0.356 e. The number of benzene rings is 2. The minimum Gasteiger partial charge on any atom is -0.356 e. The van der Waals surface area contributed by atoms with E-state index in [-0.39, 0.29) is 36.5 Å². The van der Waals surface area contributed by atoms with Crippen LogP contribution in [0.2, 0.25) is 0 Å². The Morgan fingerprint density at radius 3 is 1.27 bits per heavy atom. The molecule has 0 aromatic heterocycles. The molecule has 0 saturated heterocycles. The summed E-state index contributed by atoms with van der Waals surface area (Å²) in [5, 5.41) is 11.7. The van der Waals surface area contributed by atoms with Crippen LogP contribution in [-0.2, 0) is 32.0 Å². The number of hydrogen-bond donors (Lipinski definition) is 4. The number of hydrogen-bond acceptors (Lipinski definition) is 4. The van der Waals surface area contributed by atoms with E-state index in [2.05, 4.69) is 21.3 Å². The molecule has 0 atom stereocenters. The molecule has 0 fully saturated rings. The first-order chi connectivity index (χ1) is 19.1. The molecule has 4 amide bonds.